The number of nitrogens with one attached hydrogen (secondary N) is 1. The number of para-hydroxylation sites is 2. The van der Waals surface area contributed by atoms with Crippen LogP contribution in [0.2, 0.25) is 0 Å². The topological polar surface area (TPSA) is 124 Å². The number of benzene rings is 3. The Morgan fingerprint density at radius 3 is 2.34 bits per heavy atom. The van der Waals surface area contributed by atoms with Crippen LogP contribution in [0.15, 0.2) is 64.8 Å². The molecule has 0 aliphatic heterocycles. The number of phenols is 2. The third-order valence-corrected chi connectivity index (χ3v) is 4.14. The van der Waals surface area contributed by atoms with Crippen LogP contribution in [0.25, 0.3) is 0 Å². The molecule has 8 nitrogen and oxygen atoms in total. The summed E-state index contributed by atoms with van der Waals surface area (Å²) in [7, 11) is 1.48. The quantitative estimate of drug-likeness (QED) is 0.257. The first-order valence-corrected chi connectivity index (χ1v) is 8.61. The van der Waals surface area contributed by atoms with Crippen LogP contribution in [-0.2, 0) is 0 Å². The second-order valence-electron chi connectivity index (χ2n) is 6.18. The maximum absolute atomic E-state index is 11.8. The first-order valence-electron chi connectivity index (χ1n) is 8.61. The molecule has 0 spiro atoms. The van der Waals surface area contributed by atoms with Gasteiger partial charge in [-0.3, -0.25) is 0 Å². The van der Waals surface area contributed by atoms with E-state index in [2.05, 4.69) is 15.5 Å². The zero-order valence-corrected chi connectivity index (χ0v) is 15.7. The van der Waals surface area contributed by atoms with Gasteiger partial charge in [0.05, 0.1) is 24.2 Å². The van der Waals surface area contributed by atoms with Crippen LogP contribution in [0, 0.1) is 6.92 Å². The Balaban J connectivity index is 2.04. The van der Waals surface area contributed by atoms with E-state index < -0.39 is 23.0 Å². The van der Waals surface area contributed by atoms with Gasteiger partial charge in [0, 0.05) is 6.07 Å². The molecule has 0 atom stereocenters. The van der Waals surface area contributed by atoms with Crippen molar-refractivity contribution in [2.45, 2.75) is 6.92 Å². The molecule has 0 amide bonds. The van der Waals surface area contributed by atoms with Crippen LogP contribution < -0.4 is 10.1 Å². The summed E-state index contributed by atoms with van der Waals surface area (Å²) in [5.74, 6) is -2.02. The van der Waals surface area contributed by atoms with Crippen LogP contribution in [0.1, 0.15) is 15.9 Å². The lowest BCUT2D eigenvalue weighted by molar-refractivity contribution is 0.0694. The number of methoxy groups -OCH3 is 1. The predicted octanol–water partition coefficient (Wildman–Crippen LogP) is 5.27. The van der Waals surface area contributed by atoms with Gasteiger partial charge < -0.3 is 25.4 Å². The SMILES string of the molecule is COc1ccccc1Nc1cc(O)c(N=Nc2ccc(C)cc2)c(C(=O)O)c1O. The first kappa shape index (κ1) is 19.7. The van der Waals surface area contributed by atoms with Gasteiger partial charge in [-0.15, -0.1) is 5.11 Å². The Labute approximate surface area is 166 Å². The van der Waals surface area contributed by atoms with E-state index in [-0.39, 0.29) is 11.4 Å². The molecule has 8 heteroatoms. The molecule has 3 rings (SSSR count). The fourth-order valence-corrected chi connectivity index (χ4v) is 2.66. The summed E-state index contributed by atoms with van der Waals surface area (Å²) in [6.45, 7) is 1.92. The molecule has 0 saturated heterocycles. The van der Waals surface area contributed by atoms with E-state index in [1.807, 2.05) is 19.1 Å². The molecule has 0 saturated carbocycles. The normalized spacial score (nSPS) is 10.8. The first-order chi connectivity index (χ1) is 13.9. The van der Waals surface area contributed by atoms with E-state index in [1.54, 1.807) is 36.4 Å². The molecule has 0 heterocycles. The number of anilines is 2. The van der Waals surface area contributed by atoms with Crippen molar-refractivity contribution in [2.24, 2.45) is 10.2 Å². The van der Waals surface area contributed by atoms with Gasteiger partial charge in [0.2, 0.25) is 0 Å². The van der Waals surface area contributed by atoms with Crippen molar-refractivity contribution in [1.82, 2.24) is 0 Å². The summed E-state index contributed by atoms with van der Waals surface area (Å²) in [5.41, 5.74) is 1.05. The van der Waals surface area contributed by atoms with Gasteiger partial charge in [-0.2, -0.15) is 5.11 Å². The highest BCUT2D eigenvalue weighted by Gasteiger charge is 2.24. The number of azo groups is 1. The van der Waals surface area contributed by atoms with Crippen molar-refractivity contribution >= 4 is 28.7 Å². The van der Waals surface area contributed by atoms with Gasteiger partial charge in [-0.25, -0.2) is 4.79 Å². The van der Waals surface area contributed by atoms with Crippen molar-refractivity contribution < 1.29 is 24.9 Å². The van der Waals surface area contributed by atoms with Crippen LogP contribution in [0.4, 0.5) is 22.7 Å². The van der Waals surface area contributed by atoms with Crippen LogP contribution >= 0.6 is 0 Å². The molecule has 0 bridgehead atoms. The zero-order valence-electron chi connectivity index (χ0n) is 15.7. The van der Waals surface area contributed by atoms with Gasteiger partial charge in [0.1, 0.15) is 22.7 Å². The number of aromatic hydroxyl groups is 2. The maximum Gasteiger partial charge on any atom is 0.342 e. The lowest BCUT2D eigenvalue weighted by Gasteiger charge is -2.15. The molecular weight excluding hydrogens is 374 g/mol. The molecule has 29 heavy (non-hydrogen) atoms. The van der Waals surface area contributed by atoms with E-state index in [9.17, 15) is 20.1 Å². The van der Waals surface area contributed by atoms with Gasteiger partial charge >= 0.3 is 5.97 Å². The number of aryl methyl sites for hydroxylation is 1. The average Bonchev–Trinajstić information content (AvgIpc) is 2.70. The molecule has 3 aromatic carbocycles. The minimum Gasteiger partial charge on any atom is -0.506 e. The van der Waals surface area contributed by atoms with Gasteiger partial charge in [0.25, 0.3) is 0 Å². The molecule has 0 aromatic heterocycles. The molecule has 0 fully saturated rings. The van der Waals surface area contributed by atoms with Crippen molar-refractivity contribution in [3.63, 3.8) is 0 Å². The summed E-state index contributed by atoms with van der Waals surface area (Å²) >= 11 is 0. The molecule has 3 aromatic rings. The smallest absolute Gasteiger partial charge is 0.342 e. The summed E-state index contributed by atoms with van der Waals surface area (Å²) in [5, 5.41) is 41.1. The third kappa shape index (κ3) is 4.27. The summed E-state index contributed by atoms with van der Waals surface area (Å²) in [6.07, 6.45) is 0. The number of ether oxygens (including phenoxy) is 1. The number of hydrogen-bond donors (Lipinski definition) is 4. The molecule has 0 aliphatic carbocycles. The fraction of sp³-hybridized carbons (Fsp3) is 0.0952. The highest BCUT2D eigenvalue weighted by molar-refractivity contribution is 6.01. The van der Waals surface area contributed by atoms with E-state index in [4.69, 9.17) is 4.74 Å². The Morgan fingerprint density at radius 1 is 1.00 bits per heavy atom. The third-order valence-electron chi connectivity index (χ3n) is 4.14. The number of carbonyl (C=O) groups is 1. The highest BCUT2D eigenvalue weighted by Crippen LogP contribution is 2.44. The van der Waals surface area contributed by atoms with Crippen LogP contribution in [0.3, 0.4) is 0 Å². The van der Waals surface area contributed by atoms with Crippen LogP contribution in [-0.4, -0.2) is 28.4 Å². The van der Waals surface area contributed by atoms with Gasteiger partial charge in [0.15, 0.2) is 5.75 Å². The predicted molar refractivity (Wildman–Crippen MR) is 108 cm³/mol. The largest absolute Gasteiger partial charge is 0.506 e. The van der Waals surface area contributed by atoms with E-state index in [1.165, 1.54) is 13.2 Å². The van der Waals surface area contributed by atoms with E-state index >= 15 is 0 Å². The number of nitrogens with zero attached hydrogens (tertiary/aromatic N) is 2. The number of aromatic carboxylic acids is 1. The van der Waals surface area contributed by atoms with Gasteiger partial charge in [-0.05, 0) is 31.2 Å². The lowest BCUT2D eigenvalue weighted by atomic mass is 10.1. The summed E-state index contributed by atoms with van der Waals surface area (Å²) in [4.78, 5) is 11.8. The summed E-state index contributed by atoms with van der Waals surface area (Å²) in [6, 6.07) is 15.1. The standard InChI is InChI=1S/C21H19N3O5/c1-12-7-9-13(10-8-12)23-24-19-16(25)11-15(20(26)18(19)21(27)28)22-14-5-3-4-6-17(14)29-2/h3-11,22,25-26H,1-2H3,(H,27,28). The summed E-state index contributed by atoms with van der Waals surface area (Å²) < 4.78 is 5.23. The molecular formula is C21H19N3O5. The van der Waals surface area contributed by atoms with E-state index in [0.717, 1.165) is 5.56 Å². The molecule has 0 aliphatic rings. The highest BCUT2D eigenvalue weighted by atomic mass is 16.5. The number of phenolic OH excluding ortho intramolecular Hbond substituents is 1. The molecule has 4 N–H and O–H groups in total. The average molecular weight is 393 g/mol. The van der Waals surface area contributed by atoms with E-state index in [0.29, 0.717) is 17.1 Å². The van der Waals surface area contributed by atoms with Gasteiger partial charge in [-0.1, -0.05) is 29.8 Å². The minimum absolute atomic E-state index is 0.0151. The van der Waals surface area contributed by atoms with Crippen LogP contribution in [0.5, 0.6) is 17.2 Å². The number of carboxylic acid groups (broad SMARTS) is 1. The molecule has 148 valence electrons. The molecule has 0 radical (unpaired) electrons. The number of rotatable bonds is 6. The second kappa shape index (κ2) is 8.30. The van der Waals surface area contributed by atoms with Crippen molar-refractivity contribution in [3.05, 3.63) is 65.7 Å². The second-order valence-corrected chi connectivity index (χ2v) is 6.18. The number of hydrogen-bond acceptors (Lipinski definition) is 7. The minimum atomic E-state index is -1.46. The lowest BCUT2D eigenvalue weighted by Crippen LogP contribution is -2.01. The van der Waals surface area contributed by atoms with Crippen molar-refractivity contribution in [2.75, 3.05) is 12.4 Å². The Hall–Kier alpha value is -4.07. The van der Waals surface area contributed by atoms with Crippen molar-refractivity contribution in [3.8, 4) is 17.2 Å². The zero-order chi connectivity index (χ0) is 21.0. The monoisotopic (exact) mass is 393 g/mol. The Morgan fingerprint density at radius 2 is 1.69 bits per heavy atom. The Bertz CT molecular complexity index is 1080. The number of carboxylic acids is 1. The maximum atomic E-state index is 11.8. The van der Waals surface area contributed by atoms with Crippen molar-refractivity contribution in [1.29, 1.82) is 0 Å². The molecule has 0 unspecified atom stereocenters. The Kier molecular flexibility index (Phi) is 5.64. The fourth-order valence-electron chi connectivity index (χ4n) is 2.66.